The van der Waals surface area contributed by atoms with E-state index in [0.29, 0.717) is 5.56 Å². The molecule has 8 heteroatoms. The Balaban J connectivity index is 2.11. The predicted octanol–water partition coefficient (Wildman–Crippen LogP) is 2.50. The van der Waals surface area contributed by atoms with Crippen molar-refractivity contribution in [2.75, 3.05) is 14.2 Å². The Labute approximate surface area is 146 Å². The highest BCUT2D eigenvalue weighted by Gasteiger charge is 2.21. The van der Waals surface area contributed by atoms with Gasteiger partial charge in [-0.3, -0.25) is 9.63 Å². The van der Waals surface area contributed by atoms with Gasteiger partial charge in [0.2, 0.25) is 0 Å². The summed E-state index contributed by atoms with van der Waals surface area (Å²) in [5, 5.41) is 2.78. The highest BCUT2D eigenvalue weighted by Crippen LogP contribution is 2.17. The summed E-state index contributed by atoms with van der Waals surface area (Å²) in [7, 11) is -1.23. The Morgan fingerprint density at radius 2 is 1.68 bits per heavy atom. The lowest BCUT2D eigenvalue weighted by Gasteiger charge is -2.16. The molecule has 0 aliphatic carbocycles. The Kier molecular flexibility index (Phi) is 5.89. The first-order valence-corrected chi connectivity index (χ1v) is 8.89. The van der Waals surface area contributed by atoms with Gasteiger partial charge >= 0.3 is 0 Å². The number of halogens is 1. The number of carbonyl (C=O) groups excluding carboxylic acids is 1. The van der Waals surface area contributed by atoms with E-state index in [0.717, 1.165) is 10.0 Å². The van der Waals surface area contributed by atoms with Crippen LogP contribution in [0.2, 0.25) is 0 Å². The van der Waals surface area contributed by atoms with Crippen LogP contribution < -0.4 is 5.32 Å². The van der Waals surface area contributed by atoms with Crippen molar-refractivity contribution in [3.63, 3.8) is 0 Å². The summed E-state index contributed by atoms with van der Waals surface area (Å²) in [6.07, 6.45) is 0. The van der Waals surface area contributed by atoms with Crippen LogP contribution in [-0.2, 0) is 14.9 Å². The lowest BCUT2D eigenvalue weighted by atomic mass is 10.1. The average molecular weight is 366 g/mol. The molecule has 1 N–H and O–H groups in total. The molecule has 0 spiro atoms. The highest BCUT2D eigenvalue weighted by atomic mass is 32.2. The van der Waals surface area contributed by atoms with E-state index in [1.807, 2.05) is 0 Å². The second-order valence-corrected chi connectivity index (χ2v) is 7.30. The standard InChI is InChI=1S/C17H19FN2O4S/c1-12(13-4-8-15(18)9-5-13)19-17(21)14-6-10-16(11-7-14)25(22,23)20(2)24-3/h4-12H,1-3H3,(H,19,21)/t12-/m1/s1. The molecule has 0 aliphatic heterocycles. The second kappa shape index (κ2) is 7.73. The van der Waals surface area contributed by atoms with Crippen molar-refractivity contribution in [2.24, 2.45) is 0 Å². The van der Waals surface area contributed by atoms with Gasteiger partial charge in [-0.25, -0.2) is 12.8 Å². The van der Waals surface area contributed by atoms with Crippen molar-refractivity contribution in [3.05, 3.63) is 65.5 Å². The molecule has 2 rings (SSSR count). The molecule has 0 aliphatic rings. The van der Waals surface area contributed by atoms with Gasteiger partial charge in [-0.05, 0) is 48.9 Å². The van der Waals surface area contributed by atoms with Crippen LogP contribution in [0.15, 0.2) is 53.4 Å². The third-order valence-corrected chi connectivity index (χ3v) is 5.42. The van der Waals surface area contributed by atoms with Crippen LogP contribution >= 0.6 is 0 Å². The maximum Gasteiger partial charge on any atom is 0.264 e. The zero-order chi connectivity index (χ0) is 18.6. The summed E-state index contributed by atoms with van der Waals surface area (Å²) in [5.74, 6) is -0.707. The van der Waals surface area contributed by atoms with Crippen LogP contribution in [0.25, 0.3) is 0 Å². The summed E-state index contributed by atoms with van der Waals surface area (Å²) in [6.45, 7) is 1.78. The van der Waals surface area contributed by atoms with Gasteiger partial charge in [-0.15, -0.1) is 0 Å². The van der Waals surface area contributed by atoms with E-state index in [2.05, 4.69) is 5.32 Å². The van der Waals surface area contributed by atoms with Crippen LogP contribution in [0.1, 0.15) is 28.9 Å². The Hall–Kier alpha value is -2.29. The van der Waals surface area contributed by atoms with Crippen molar-refractivity contribution < 1.29 is 22.4 Å². The summed E-state index contributed by atoms with van der Waals surface area (Å²) in [6, 6.07) is 11.0. The van der Waals surface area contributed by atoms with Crippen LogP contribution in [0.3, 0.4) is 0 Å². The van der Waals surface area contributed by atoms with Crippen molar-refractivity contribution in [1.82, 2.24) is 9.79 Å². The first-order chi connectivity index (χ1) is 11.8. The van der Waals surface area contributed by atoms with Crippen molar-refractivity contribution >= 4 is 15.9 Å². The number of carbonyl (C=O) groups is 1. The lowest BCUT2D eigenvalue weighted by molar-refractivity contribution is -0.0258. The number of nitrogens with one attached hydrogen (secondary N) is 1. The number of rotatable bonds is 6. The molecule has 2 aromatic carbocycles. The number of hydroxylamine groups is 1. The van der Waals surface area contributed by atoms with E-state index in [9.17, 15) is 17.6 Å². The van der Waals surface area contributed by atoms with Gasteiger partial charge in [0.25, 0.3) is 15.9 Å². The van der Waals surface area contributed by atoms with Crippen molar-refractivity contribution in [3.8, 4) is 0 Å². The number of hydrogen-bond donors (Lipinski definition) is 1. The minimum Gasteiger partial charge on any atom is -0.346 e. The Bertz CT molecular complexity index is 836. The molecule has 25 heavy (non-hydrogen) atoms. The first kappa shape index (κ1) is 19.0. The van der Waals surface area contributed by atoms with Gasteiger partial charge in [0.05, 0.1) is 18.0 Å². The number of amides is 1. The lowest BCUT2D eigenvalue weighted by Crippen LogP contribution is -2.27. The van der Waals surface area contributed by atoms with Crippen molar-refractivity contribution in [2.45, 2.75) is 17.9 Å². The molecule has 0 saturated carbocycles. The maximum absolute atomic E-state index is 12.9. The first-order valence-electron chi connectivity index (χ1n) is 7.45. The summed E-state index contributed by atoms with van der Waals surface area (Å²) < 4.78 is 37.9. The second-order valence-electron chi connectivity index (χ2n) is 5.37. The molecule has 1 atom stereocenters. The quantitative estimate of drug-likeness (QED) is 0.797. The minimum absolute atomic E-state index is 0.0139. The van der Waals surface area contributed by atoms with Gasteiger partial charge in [0.15, 0.2) is 0 Å². The Morgan fingerprint density at radius 3 is 2.20 bits per heavy atom. The number of nitrogens with zero attached hydrogens (tertiary/aromatic N) is 1. The molecule has 0 fully saturated rings. The molecule has 0 saturated heterocycles. The Morgan fingerprint density at radius 1 is 1.12 bits per heavy atom. The van der Waals surface area contributed by atoms with E-state index in [1.54, 1.807) is 19.1 Å². The fourth-order valence-electron chi connectivity index (χ4n) is 2.14. The zero-order valence-electron chi connectivity index (χ0n) is 14.1. The van der Waals surface area contributed by atoms with E-state index >= 15 is 0 Å². The van der Waals surface area contributed by atoms with Gasteiger partial charge in [-0.1, -0.05) is 16.6 Å². The molecule has 0 heterocycles. The minimum atomic E-state index is -3.76. The molecule has 2 aromatic rings. The van der Waals surface area contributed by atoms with E-state index in [4.69, 9.17) is 4.84 Å². The number of hydrogen-bond acceptors (Lipinski definition) is 4. The van der Waals surface area contributed by atoms with Crippen LogP contribution in [-0.4, -0.2) is 33.0 Å². The normalized spacial score (nSPS) is 12.8. The van der Waals surface area contributed by atoms with Gasteiger partial charge < -0.3 is 5.32 Å². The molecular weight excluding hydrogens is 347 g/mol. The molecule has 0 radical (unpaired) electrons. The van der Waals surface area contributed by atoms with Crippen LogP contribution in [0, 0.1) is 5.82 Å². The van der Waals surface area contributed by atoms with Gasteiger partial charge in [0.1, 0.15) is 5.82 Å². The average Bonchev–Trinajstić information content (AvgIpc) is 2.61. The summed E-state index contributed by atoms with van der Waals surface area (Å²) in [4.78, 5) is 17.0. The fourth-order valence-corrected chi connectivity index (χ4v) is 3.11. The third-order valence-electron chi connectivity index (χ3n) is 3.73. The topological polar surface area (TPSA) is 75.7 Å². The monoisotopic (exact) mass is 366 g/mol. The van der Waals surface area contributed by atoms with Gasteiger partial charge in [0, 0.05) is 12.6 Å². The molecule has 0 bridgehead atoms. The molecule has 0 unspecified atom stereocenters. The number of benzene rings is 2. The smallest absolute Gasteiger partial charge is 0.264 e. The van der Waals surface area contributed by atoms with E-state index in [1.165, 1.54) is 50.6 Å². The third kappa shape index (κ3) is 4.41. The van der Waals surface area contributed by atoms with Crippen molar-refractivity contribution in [1.29, 1.82) is 0 Å². The van der Waals surface area contributed by atoms with Crippen LogP contribution in [0.4, 0.5) is 4.39 Å². The molecule has 6 nitrogen and oxygen atoms in total. The predicted molar refractivity (Wildman–Crippen MR) is 90.7 cm³/mol. The number of sulfonamides is 1. The highest BCUT2D eigenvalue weighted by molar-refractivity contribution is 7.89. The van der Waals surface area contributed by atoms with E-state index < -0.39 is 10.0 Å². The van der Waals surface area contributed by atoms with Gasteiger partial charge in [-0.2, -0.15) is 0 Å². The van der Waals surface area contributed by atoms with E-state index in [-0.39, 0.29) is 22.7 Å². The SMILES string of the molecule is CON(C)S(=O)(=O)c1ccc(C(=O)N[C@H](C)c2ccc(F)cc2)cc1. The molecular formula is C17H19FN2O4S. The molecule has 1 amide bonds. The largest absolute Gasteiger partial charge is 0.346 e. The summed E-state index contributed by atoms with van der Waals surface area (Å²) >= 11 is 0. The molecule has 0 aromatic heterocycles. The maximum atomic E-state index is 12.9. The fraction of sp³-hybridized carbons (Fsp3) is 0.235. The molecule has 134 valence electrons. The zero-order valence-corrected chi connectivity index (χ0v) is 14.9. The van der Waals surface area contributed by atoms with Crippen LogP contribution in [0.5, 0.6) is 0 Å². The summed E-state index contributed by atoms with van der Waals surface area (Å²) in [5.41, 5.74) is 1.07.